The molecule has 0 saturated heterocycles. The lowest BCUT2D eigenvalue weighted by Gasteiger charge is -2.12. The number of aliphatic hydroxyl groups is 1. The van der Waals surface area contributed by atoms with Gasteiger partial charge in [0.15, 0.2) is 0 Å². The maximum atomic E-state index is 9.55. The Labute approximate surface area is 78.8 Å². The predicted octanol–water partition coefficient (Wildman–Crippen LogP) is 2.40. The minimum atomic E-state index is 0.0315. The van der Waals surface area contributed by atoms with Gasteiger partial charge in [-0.3, -0.25) is 0 Å². The second-order valence-corrected chi connectivity index (χ2v) is 3.36. The molecular weight excluding hydrogens is 164 g/mol. The molecule has 0 fully saturated rings. The normalized spacial score (nSPS) is 12.8. The molecule has 0 aromatic heterocycles. The van der Waals surface area contributed by atoms with Crippen LogP contribution in [0.25, 0.3) is 0 Å². The largest absolute Gasteiger partial charge is 0.508 e. The van der Waals surface area contributed by atoms with Gasteiger partial charge in [-0.2, -0.15) is 0 Å². The Hall–Kier alpha value is -1.02. The first-order chi connectivity index (χ1) is 6.19. The molecule has 0 spiro atoms. The average molecular weight is 180 g/mol. The van der Waals surface area contributed by atoms with Gasteiger partial charge < -0.3 is 10.2 Å². The summed E-state index contributed by atoms with van der Waals surface area (Å²) in [6.07, 6.45) is 0.989. The zero-order valence-electron chi connectivity index (χ0n) is 8.12. The van der Waals surface area contributed by atoms with E-state index in [4.69, 9.17) is 5.11 Å². The Morgan fingerprint density at radius 1 is 1.38 bits per heavy atom. The zero-order chi connectivity index (χ0) is 9.84. The maximum absolute atomic E-state index is 9.55. The highest BCUT2D eigenvalue weighted by atomic mass is 16.3. The Bertz CT molecular complexity index is 281. The van der Waals surface area contributed by atoms with Crippen LogP contribution in [0.3, 0.4) is 0 Å². The fourth-order valence-electron chi connectivity index (χ4n) is 1.32. The van der Waals surface area contributed by atoms with Crippen molar-refractivity contribution in [2.45, 2.75) is 32.8 Å². The fraction of sp³-hybridized carbons (Fsp3) is 0.455. The summed E-state index contributed by atoms with van der Waals surface area (Å²) in [4.78, 5) is 0. The molecule has 0 bridgehead atoms. The van der Waals surface area contributed by atoms with Crippen molar-refractivity contribution in [2.24, 2.45) is 0 Å². The van der Waals surface area contributed by atoms with E-state index in [9.17, 15) is 5.11 Å². The Morgan fingerprint density at radius 2 is 2.08 bits per heavy atom. The van der Waals surface area contributed by atoms with E-state index in [2.05, 4.69) is 13.8 Å². The van der Waals surface area contributed by atoms with Gasteiger partial charge in [0.1, 0.15) is 5.75 Å². The lowest BCUT2D eigenvalue weighted by Crippen LogP contribution is -1.94. The summed E-state index contributed by atoms with van der Waals surface area (Å²) < 4.78 is 0. The summed E-state index contributed by atoms with van der Waals surface area (Å²) in [5.41, 5.74) is 1.78. The third-order valence-corrected chi connectivity index (χ3v) is 2.42. The first-order valence-corrected chi connectivity index (χ1v) is 4.61. The molecule has 1 aromatic rings. The molecule has 1 unspecified atom stereocenters. The number of hydrogen-bond acceptors (Lipinski definition) is 2. The van der Waals surface area contributed by atoms with Gasteiger partial charge in [0, 0.05) is 0 Å². The number of phenols is 1. The fourth-order valence-corrected chi connectivity index (χ4v) is 1.32. The highest BCUT2D eigenvalue weighted by molar-refractivity contribution is 5.38. The first-order valence-electron chi connectivity index (χ1n) is 4.61. The lowest BCUT2D eigenvalue weighted by molar-refractivity contribution is 0.281. The molecule has 0 saturated carbocycles. The third kappa shape index (κ3) is 2.22. The van der Waals surface area contributed by atoms with Crippen LogP contribution in [-0.2, 0) is 6.61 Å². The van der Waals surface area contributed by atoms with E-state index >= 15 is 0 Å². The zero-order valence-corrected chi connectivity index (χ0v) is 8.12. The highest BCUT2D eigenvalue weighted by Crippen LogP contribution is 2.28. The van der Waals surface area contributed by atoms with Crippen LogP contribution in [0.1, 0.15) is 37.3 Å². The van der Waals surface area contributed by atoms with Crippen LogP contribution in [0.5, 0.6) is 5.75 Å². The Kier molecular flexibility index (Phi) is 3.32. The number of benzene rings is 1. The molecule has 0 aliphatic rings. The van der Waals surface area contributed by atoms with Crippen LogP contribution in [-0.4, -0.2) is 10.2 Å². The van der Waals surface area contributed by atoms with Crippen molar-refractivity contribution in [1.82, 2.24) is 0 Å². The topological polar surface area (TPSA) is 40.5 Å². The molecule has 2 heteroatoms. The van der Waals surface area contributed by atoms with Crippen molar-refractivity contribution in [3.8, 4) is 5.75 Å². The third-order valence-electron chi connectivity index (χ3n) is 2.42. The van der Waals surface area contributed by atoms with Crippen molar-refractivity contribution < 1.29 is 10.2 Å². The molecular formula is C11H16O2. The van der Waals surface area contributed by atoms with Crippen molar-refractivity contribution in [3.63, 3.8) is 0 Å². The molecule has 1 aromatic carbocycles. The Balaban J connectivity index is 3.03. The summed E-state index contributed by atoms with van der Waals surface area (Å²) in [6.45, 7) is 4.18. The van der Waals surface area contributed by atoms with Gasteiger partial charge in [-0.05, 0) is 35.6 Å². The molecule has 1 atom stereocenters. The SMILES string of the molecule is CCC(C)c1cc(CO)ccc1O. The van der Waals surface area contributed by atoms with Crippen molar-refractivity contribution in [2.75, 3.05) is 0 Å². The first kappa shape index (κ1) is 10.1. The molecule has 72 valence electrons. The van der Waals surface area contributed by atoms with Crippen LogP contribution in [0.4, 0.5) is 0 Å². The van der Waals surface area contributed by atoms with Gasteiger partial charge in [-0.1, -0.05) is 19.9 Å². The van der Waals surface area contributed by atoms with E-state index in [-0.39, 0.29) is 6.61 Å². The minimum absolute atomic E-state index is 0.0315. The number of phenolic OH excluding ortho intramolecular Hbond substituents is 1. The number of rotatable bonds is 3. The molecule has 0 aliphatic heterocycles. The van der Waals surface area contributed by atoms with Crippen molar-refractivity contribution in [3.05, 3.63) is 29.3 Å². The van der Waals surface area contributed by atoms with Gasteiger partial charge in [0.05, 0.1) is 6.61 Å². The van der Waals surface area contributed by atoms with Crippen molar-refractivity contribution in [1.29, 1.82) is 0 Å². The number of aromatic hydroxyl groups is 1. The van der Waals surface area contributed by atoms with Gasteiger partial charge in [0.2, 0.25) is 0 Å². The molecule has 0 amide bonds. The molecule has 13 heavy (non-hydrogen) atoms. The lowest BCUT2D eigenvalue weighted by atomic mass is 9.96. The monoisotopic (exact) mass is 180 g/mol. The molecule has 2 N–H and O–H groups in total. The minimum Gasteiger partial charge on any atom is -0.508 e. The van der Waals surface area contributed by atoms with Gasteiger partial charge in [-0.25, -0.2) is 0 Å². The summed E-state index contributed by atoms with van der Waals surface area (Å²) in [7, 11) is 0. The van der Waals surface area contributed by atoms with Gasteiger partial charge in [0.25, 0.3) is 0 Å². The van der Waals surface area contributed by atoms with Crippen LogP contribution >= 0.6 is 0 Å². The number of aliphatic hydroxyl groups excluding tert-OH is 1. The average Bonchev–Trinajstić information content (AvgIpc) is 2.17. The van der Waals surface area contributed by atoms with E-state index in [0.717, 1.165) is 17.5 Å². The molecule has 0 heterocycles. The quantitative estimate of drug-likeness (QED) is 0.749. The summed E-state index contributed by atoms with van der Waals surface area (Å²) >= 11 is 0. The molecule has 2 nitrogen and oxygen atoms in total. The summed E-state index contributed by atoms with van der Waals surface area (Å²) in [6, 6.07) is 5.25. The second kappa shape index (κ2) is 4.28. The van der Waals surface area contributed by atoms with Gasteiger partial charge in [-0.15, -0.1) is 0 Å². The van der Waals surface area contributed by atoms with E-state index in [1.165, 1.54) is 0 Å². The van der Waals surface area contributed by atoms with Gasteiger partial charge >= 0.3 is 0 Å². The maximum Gasteiger partial charge on any atom is 0.119 e. The van der Waals surface area contributed by atoms with E-state index in [1.807, 2.05) is 6.07 Å². The van der Waals surface area contributed by atoms with E-state index in [0.29, 0.717) is 11.7 Å². The predicted molar refractivity (Wildman–Crippen MR) is 52.7 cm³/mol. The Morgan fingerprint density at radius 3 is 2.62 bits per heavy atom. The molecule has 0 aliphatic carbocycles. The van der Waals surface area contributed by atoms with Crippen LogP contribution in [0, 0.1) is 0 Å². The molecule has 0 radical (unpaired) electrons. The van der Waals surface area contributed by atoms with Crippen molar-refractivity contribution >= 4 is 0 Å². The summed E-state index contributed by atoms with van der Waals surface area (Å²) in [5, 5.41) is 18.5. The smallest absolute Gasteiger partial charge is 0.119 e. The second-order valence-electron chi connectivity index (χ2n) is 3.36. The highest BCUT2D eigenvalue weighted by Gasteiger charge is 2.08. The van der Waals surface area contributed by atoms with Crippen LogP contribution in [0.2, 0.25) is 0 Å². The number of hydrogen-bond donors (Lipinski definition) is 2. The standard InChI is InChI=1S/C11H16O2/c1-3-8(2)10-6-9(7-12)4-5-11(10)13/h4-6,8,12-13H,3,7H2,1-2H3. The van der Waals surface area contributed by atoms with Crippen LogP contribution < -0.4 is 0 Å². The molecule has 1 rings (SSSR count). The van der Waals surface area contributed by atoms with E-state index in [1.54, 1.807) is 12.1 Å². The van der Waals surface area contributed by atoms with E-state index < -0.39 is 0 Å². The van der Waals surface area contributed by atoms with Crippen LogP contribution in [0.15, 0.2) is 18.2 Å². The summed E-state index contributed by atoms with van der Waals surface area (Å²) in [5.74, 6) is 0.665.